The Morgan fingerprint density at radius 3 is 2.95 bits per heavy atom. The zero-order valence-electron chi connectivity index (χ0n) is 11.5. The Labute approximate surface area is 122 Å². The van der Waals surface area contributed by atoms with Crippen molar-refractivity contribution in [1.82, 2.24) is 15.5 Å². The van der Waals surface area contributed by atoms with Gasteiger partial charge >= 0.3 is 0 Å². The largest absolute Gasteiger partial charge is 0.339 e. The third kappa shape index (κ3) is 3.77. The molecule has 0 bridgehead atoms. The molecule has 1 atom stereocenters. The van der Waals surface area contributed by atoms with E-state index in [0.29, 0.717) is 28.7 Å². The lowest BCUT2D eigenvalue weighted by Gasteiger charge is -2.07. The van der Waals surface area contributed by atoms with Crippen molar-refractivity contribution in [2.45, 2.75) is 32.7 Å². The van der Waals surface area contributed by atoms with Crippen LogP contribution in [0.15, 0.2) is 22.7 Å². The molecule has 2 rings (SSSR count). The quantitative estimate of drug-likeness (QED) is 0.890. The predicted molar refractivity (Wildman–Crippen MR) is 75.4 cm³/mol. The summed E-state index contributed by atoms with van der Waals surface area (Å²) in [5.41, 5.74) is 0.390. The van der Waals surface area contributed by atoms with E-state index in [-0.39, 0.29) is 18.3 Å². The van der Waals surface area contributed by atoms with Gasteiger partial charge in [0.1, 0.15) is 5.82 Å². The van der Waals surface area contributed by atoms with E-state index in [2.05, 4.69) is 15.5 Å². The van der Waals surface area contributed by atoms with Crippen molar-refractivity contribution in [2.75, 3.05) is 6.54 Å². The first-order valence-electron chi connectivity index (χ1n) is 6.58. The molecule has 1 N–H and O–H groups in total. The van der Waals surface area contributed by atoms with Gasteiger partial charge in [-0.25, -0.2) is 4.39 Å². The average Bonchev–Trinajstić information content (AvgIpc) is 2.82. The van der Waals surface area contributed by atoms with Gasteiger partial charge in [0.25, 0.3) is 0 Å². The van der Waals surface area contributed by atoms with Crippen LogP contribution in [-0.2, 0) is 12.8 Å². The summed E-state index contributed by atoms with van der Waals surface area (Å²) in [5.74, 6) is 0.626. The Balaban J connectivity index is 2.06. The van der Waals surface area contributed by atoms with E-state index in [1.807, 2.05) is 13.8 Å². The highest BCUT2D eigenvalue weighted by Gasteiger charge is 2.14. The Bertz CT molecular complexity index is 553. The van der Waals surface area contributed by atoms with Crippen LogP contribution in [0.2, 0.25) is 5.02 Å². The van der Waals surface area contributed by atoms with Gasteiger partial charge in [-0.15, -0.1) is 0 Å². The van der Waals surface area contributed by atoms with Gasteiger partial charge in [0, 0.05) is 29.5 Å². The summed E-state index contributed by atoms with van der Waals surface area (Å²) in [6, 6.07) is 4.84. The van der Waals surface area contributed by atoms with Crippen LogP contribution in [0.5, 0.6) is 0 Å². The van der Waals surface area contributed by atoms with Crippen LogP contribution in [0.1, 0.15) is 31.1 Å². The first-order valence-corrected chi connectivity index (χ1v) is 6.95. The van der Waals surface area contributed by atoms with Crippen molar-refractivity contribution in [3.63, 3.8) is 0 Å². The molecule has 0 aliphatic rings. The van der Waals surface area contributed by atoms with Gasteiger partial charge in [-0.3, -0.25) is 0 Å². The number of hydrogen-bond acceptors (Lipinski definition) is 4. The Kier molecular flexibility index (Phi) is 5.09. The first kappa shape index (κ1) is 14.9. The summed E-state index contributed by atoms with van der Waals surface area (Å²) in [6.45, 7) is 4.96. The summed E-state index contributed by atoms with van der Waals surface area (Å²) in [7, 11) is 0. The Morgan fingerprint density at radius 1 is 1.45 bits per heavy atom. The van der Waals surface area contributed by atoms with Crippen molar-refractivity contribution >= 4 is 11.6 Å². The van der Waals surface area contributed by atoms with Gasteiger partial charge in [0.2, 0.25) is 5.89 Å². The topological polar surface area (TPSA) is 51.0 Å². The van der Waals surface area contributed by atoms with Crippen LogP contribution in [-0.4, -0.2) is 22.7 Å². The van der Waals surface area contributed by atoms with Crippen molar-refractivity contribution in [3.8, 4) is 0 Å². The molecule has 4 nitrogen and oxygen atoms in total. The monoisotopic (exact) mass is 297 g/mol. The lowest BCUT2D eigenvalue weighted by Crippen LogP contribution is -2.27. The fraction of sp³-hybridized carbons (Fsp3) is 0.429. The second-order valence-electron chi connectivity index (χ2n) is 4.64. The van der Waals surface area contributed by atoms with E-state index in [1.54, 1.807) is 12.1 Å². The molecular formula is C14H17ClFN3O. The maximum atomic E-state index is 13.7. The maximum absolute atomic E-state index is 13.7. The smallest absolute Gasteiger partial charge is 0.228 e. The molecule has 0 spiro atoms. The minimum absolute atomic E-state index is 0.227. The molecule has 0 radical (unpaired) electrons. The maximum Gasteiger partial charge on any atom is 0.228 e. The lowest BCUT2D eigenvalue weighted by atomic mass is 10.1. The normalized spacial score (nSPS) is 12.6. The second-order valence-corrected chi connectivity index (χ2v) is 5.05. The molecule has 1 heterocycles. The molecule has 6 heteroatoms. The first-order chi connectivity index (χ1) is 9.60. The molecule has 0 fully saturated rings. The highest BCUT2D eigenvalue weighted by atomic mass is 35.5. The molecule has 108 valence electrons. The van der Waals surface area contributed by atoms with Gasteiger partial charge in [-0.1, -0.05) is 29.7 Å². The molecule has 1 aromatic heterocycles. The SMILES string of the molecule is CCNC(C)Cc1nc(Cc2c(F)cccc2Cl)no1. The summed E-state index contributed by atoms with van der Waals surface area (Å²) in [5, 5.41) is 7.50. The van der Waals surface area contributed by atoms with Crippen molar-refractivity contribution < 1.29 is 8.91 Å². The number of rotatable bonds is 6. The van der Waals surface area contributed by atoms with Gasteiger partial charge in [0.05, 0.1) is 0 Å². The standard InChI is InChI=1S/C14H17ClFN3O/c1-3-17-9(2)7-14-18-13(19-20-14)8-10-11(15)5-4-6-12(10)16/h4-6,9,17H,3,7-8H2,1-2H3. The predicted octanol–water partition coefficient (Wildman–Crippen LogP) is 2.99. The number of halogens is 2. The lowest BCUT2D eigenvalue weighted by molar-refractivity contribution is 0.359. The average molecular weight is 298 g/mol. The van der Waals surface area contributed by atoms with Gasteiger partial charge < -0.3 is 9.84 Å². The number of likely N-dealkylation sites (N-methyl/N-ethyl adjacent to an activating group) is 1. The van der Waals surface area contributed by atoms with Crippen LogP contribution in [0.25, 0.3) is 0 Å². The van der Waals surface area contributed by atoms with E-state index in [0.717, 1.165) is 6.54 Å². The van der Waals surface area contributed by atoms with Gasteiger partial charge in [-0.05, 0) is 25.6 Å². The molecule has 20 heavy (non-hydrogen) atoms. The Morgan fingerprint density at radius 2 is 2.25 bits per heavy atom. The fourth-order valence-electron chi connectivity index (χ4n) is 1.99. The summed E-state index contributed by atoms with van der Waals surface area (Å²) in [6.07, 6.45) is 0.871. The molecule has 0 saturated heterocycles. The van der Waals surface area contributed by atoms with Crippen molar-refractivity contribution in [2.24, 2.45) is 0 Å². The zero-order valence-corrected chi connectivity index (χ0v) is 12.2. The third-order valence-corrected chi connectivity index (χ3v) is 3.29. The van der Waals surface area contributed by atoms with Gasteiger partial charge in [-0.2, -0.15) is 4.98 Å². The van der Waals surface area contributed by atoms with Crippen molar-refractivity contribution in [3.05, 3.63) is 46.3 Å². The molecule has 0 saturated carbocycles. The number of nitrogens with one attached hydrogen (secondary N) is 1. The molecule has 1 aromatic carbocycles. The summed E-state index contributed by atoms with van der Waals surface area (Å²) < 4.78 is 18.8. The zero-order chi connectivity index (χ0) is 14.5. The van der Waals surface area contributed by atoms with E-state index in [4.69, 9.17) is 16.1 Å². The van der Waals surface area contributed by atoms with Crippen LogP contribution < -0.4 is 5.32 Å². The van der Waals surface area contributed by atoms with Crippen LogP contribution in [0.3, 0.4) is 0 Å². The Hall–Kier alpha value is -1.46. The van der Waals surface area contributed by atoms with Crippen LogP contribution in [0.4, 0.5) is 4.39 Å². The molecule has 0 aliphatic heterocycles. The number of nitrogens with zero attached hydrogens (tertiary/aromatic N) is 2. The fourth-order valence-corrected chi connectivity index (χ4v) is 2.22. The van der Waals surface area contributed by atoms with Gasteiger partial charge in [0.15, 0.2) is 5.82 Å². The third-order valence-electron chi connectivity index (χ3n) is 2.94. The van der Waals surface area contributed by atoms with E-state index in [1.165, 1.54) is 6.07 Å². The number of benzene rings is 1. The number of hydrogen-bond donors (Lipinski definition) is 1. The number of aromatic nitrogens is 2. The minimum atomic E-state index is -0.357. The summed E-state index contributed by atoms with van der Waals surface area (Å²) in [4.78, 5) is 4.27. The molecular weight excluding hydrogens is 281 g/mol. The minimum Gasteiger partial charge on any atom is -0.339 e. The van der Waals surface area contributed by atoms with E-state index < -0.39 is 0 Å². The van der Waals surface area contributed by atoms with Crippen LogP contribution in [0, 0.1) is 5.82 Å². The van der Waals surface area contributed by atoms with E-state index in [9.17, 15) is 4.39 Å². The molecule has 0 amide bonds. The van der Waals surface area contributed by atoms with Crippen molar-refractivity contribution in [1.29, 1.82) is 0 Å². The highest BCUT2D eigenvalue weighted by molar-refractivity contribution is 6.31. The second kappa shape index (κ2) is 6.81. The highest BCUT2D eigenvalue weighted by Crippen LogP contribution is 2.21. The summed E-state index contributed by atoms with van der Waals surface area (Å²) >= 11 is 5.98. The molecule has 0 aliphatic carbocycles. The van der Waals surface area contributed by atoms with Crippen LogP contribution >= 0.6 is 11.6 Å². The molecule has 2 aromatic rings. The molecule has 1 unspecified atom stereocenters. The van der Waals surface area contributed by atoms with E-state index >= 15 is 0 Å².